The Hall–Kier alpha value is -2.10. The molecule has 15 heavy (non-hydrogen) atoms. The Morgan fingerprint density at radius 3 is 3.00 bits per heavy atom. The third kappa shape index (κ3) is 1.40. The Morgan fingerprint density at radius 1 is 1.53 bits per heavy atom. The Bertz CT molecular complexity index is 522. The number of carbonyl (C=O) groups is 1. The summed E-state index contributed by atoms with van der Waals surface area (Å²) >= 11 is 0. The number of pyridine rings is 1. The van der Waals surface area contributed by atoms with Crippen LogP contribution in [-0.2, 0) is 0 Å². The van der Waals surface area contributed by atoms with Gasteiger partial charge in [-0.15, -0.1) is 0 Å². The number of benzene rings is 1. The van der Waals surface area contributed by atoms with Crippen LogP contribution >= 0.6 is 0 Å². The highest BCUT2D eigenvalue weighted by atomic mass is 16.5. The maximum absolute atomic E-state index is 10.8. The molecular weight excluding hydrogens is 194 g/mol. The molecule has 4 nitrogen and oxygen atoms in total. The molecule has 0 aliphatic carbocycles. The van der Waals surface area contributed by atoms with Crippen LogP contribution in [0.4, 0.5) is 0 Å². The van der Waals surface area contributed by atoms with Gasteiger partial charge >= 0.3 is 0 Å². The van der Waals surface area contributed by atoms with E-state index in [0.29, 0.717) is 22.9 Å². The summed E-state index contributed by atoms with van der Waals surface area (Å²) in [4.78, 5) is 14.9. The van der Waals surface area contributed by atoms with Gasteiger partial charge in [0, 0.05) is 17.6 Å². The number of hydrogen-bond donors (Lipinski definition) is 1. The third-order valence-corrected chi connectivity index (χ3v) is 2.21. The average molecular weight is 203 g/mol. The van der Waals surface area contributed by atoms with E-state index in [9.17, 15) is 9.90 Å². The number of fused-ring (bicyclic) bond motifs is 1. The van der Waals surface area contributed by atoms with E-state index in [1.165, 1.54) is 13.2 Å². The molecule has 0 amide bonds. The first-order chi connectivity index (χ1) is 7.27. The summed E-state index contributed by atoms with van der Waals surface area (Å²) in [5.74, 6) is 0.357. The molecule has 1 heterocycles. The molecule has 0 unspecified atom stereocenters. The zero-order chi connectivity index (χ0) is 10.8. The molecule has 0 saturated heterocycles. The molecule has 0 aliphatic heterocycles. The summed E-state index contributed by atoms with van der Waals surface area (Å²) in [5, 5.41) is 10.2. The second-order valence-corrected chi connectivity index (χ2v) is 3.03. The number of ether oxygens (including phenoxy) is 1. The average Bonchev–Trinajstić information content (AvgIpc) is 2.28. The van der Waals surface area contributed by atoms with Gasteiger partial charge in [0.05, 0.1) is 12.7 Å². The molecule has 0 fully saturated rings. The highest BCUT2D eigenvalue weighted by molar-refractivity contribution is 6.01. The minimum absolute atomic E-state index is 0.0950. The van der Waals surface area contributed by atoms with Crippen molar-refractivity contribution in [1.29, 1.82) is 0 Å². The van der Waals surface area contributed by atoms with Gasteiger partial charge < -0.3 is 9.84 Å². The number of methoxy groups -OCH3 is 1. The topological polar surface area (TPSA) is 59.4 Å². The number of nitrogens with zero attached hydrogens (tertiary/aromatic N) is 1. The molecule has 0 bridgehead atoms. The maximum Gasteiger partial charge on any atom is 0.154 e. The molecule has 1 N–H and O–H groups in total. The van der Waals surface area contributed by atoms with Crippen LogP contribution in [0.2, 0.25) is 0 Å². The van der Waals surface area contributed by atoms with Gasteiger partial charge in [-0.3, -0.25) is 9.78 Å². The zero-order valence-electron chi connectivity index (χ0n) is 8.10. The molecule has 4 heteroatoms. The molecule has 0 radical (unpaired) electrons. The van der Waals surface area contributed by atoms with E-state index in [0.717, 1.165) is 0 Å². The van der Waals surface area contributed by atoms with E-state index < -0.39 is 0 Å². The lowest BCUT2D eigenvalue weighted by atomic mass is 10.1. The number of phenolic OH excluding ortho intramolecular Hbond substituents is 1. The number of aromatic nitrogens is 1. The van der Waals surface area contributed by atoms with Crippen molar-refractivity contribution >= 4 is 17.2 Å². The van der Waals surface area contributed by atoms with Crippen molar-refractivity contribution in [2.45, 2.75) is 0 Å². The van der Waals surface area contributed by atoms with Gasteiger partial charge in [0.1, 0.15) is 17.0 Å². The van der Waals surface area contributed by atoms with Crippen LogP contribution in [0.25, 0.3) is 10.9 Å². The fraction of sp³-hybridized carbons (Fsp3) is 0.0909. The summed E-state index contributed by atoms with van der Waals surface area (Å²) < 4.78 is 5.07. The van der Waals surface area contributed by atoms with E-state index >= 15 is 0 Å². The molecule has 0 spiro atoms. The lowest BCUT2D eigenvalue weighted by Crippen LogP contribution is -1.92. The normalized spacial score (nSPS) is 10.2. The van der Waals surface area contributed by atoms with Gasteiger partial charge in [-0.1, -0.05) is 6.07 Å². The largest absolute Gasteiger partial charge is 0.507 e. The van der Waals surface area contributed by atoms with Crippen molar-refractivity contribution in [2.75, 3.05) is 7.11 Å². The molecule has 1 aromatic heterocycles. The zero-order valence-corrected chi connectivity index (χ0v) is 8.10. The van der Waals surface area contributed by atoms with Gasteiger partial charge in [0.15, 0.2) is 6.29 Å². The van der Waals surface area contributed by atoms with E-state index in [1.807, 2.05) is 0 Å². The molecule has 76 valence electrons. The first kappa shape index (κ1) is 9.45. The number of phenols is 1. The van der Waals surface area contributed by atoms with Gasteiger partial charge in [0.25, 0.3) is 0 Å². The summed E-state index contributed by atoms with van der Waals surface area (Å²) in [5.41, 5.74) is 0.804. The lowest BCUT2D eigenvalue weighted by molar-refractivity contribution is 0.112. The fourth-order valence-corrected chi connectivity index (χ4v) is 1.51. The van der Waals surface area contributed by atoms with Gasteiger partial charge in [-0.25, -0.2) is 0 Å². The van der Waals surface area contributed by atoms with Gasteiger partial charge in [0.2, 0.25) is 0 Å². The van der Waals surface area contributed by atoms with E-state index in [2.05, 4.69) is 4.98 Å². The predicted molar refractivity (Wildman–Crippen MR) is 55.3 cm³/mol. The lowest BCUT2D eigenvalue weighted by Gasteiger charge is -2.07. The van der Waals surface area contributed by atoms with Crippen molar-refractivity contribution in [3.05, 3.63) is 30.0 Å². The van der Waals surface area contributed by atoms with Gasteiger partial charge in [-0.05, 0) is 6.07 Å². The second-order valence-electron chi connectivity index (χ2n) is 3.03. The number of hydrogen-bond acceptors (Lipinski definition) is 4. The Kier molecular flexibility index (Phi) is 2.25. The third-order valence-electron chi connectivity index (χ3n) is 2.21. The molecule has 0 atom stereocenters. The van der Waals surface area contributed by atoms with Crippen molar-refractivity contribution in [3.63, 3.8) is 0 Å². The first-order valence-corrected chi connectivity index (χ1v) is 4.37. The summed E-state index contributed by atoms with van der Waals surface area (Å²) in [6.07, 6.45) is 2.22. The van der Waals surface area contributed by atoms with Crippen LogP contribution in [0.15, 0.2) is 24.4 Å². The van der Waals surface area contributed by atoms with Crippen LogP contribution in [0.1, 0.15) is 10.4 Å². The highest BCUT2D eigenvalue weighted by Gasteiger charge is 2.11. The Morgan fingerprint density at radius 2 is 2.33 bits per heavy atom. The molecule has 0 saturated carbocycles. The molecule has 2 aromatic rings. The monoisotopic (exact) mass is 203 g/mol. The maximum atomic E-state index is 10.8. The Labute approximate surface area is 86.1 Å². The van der Waals surface area contributed by atoms with Crippen molar-refractivity contribution in [1.82, 2.24) is 4.98 Å². The first-order valence-electron chi connectivity index (χ1n) is 4.37. The molecule has 2 rings (SSSR count). The van der Waals surface area contributed by atoms with E-state index in [4.69, 9.17) is 4.74 Å². The SMILES string of the molecule is COc1cc(O)c(C=O)c2cccnc12. The Balaban J connectivity index is 2.92. The predicted octanol–water partition coefficient (Wildman–Crippen LogP) is 1.76. The van der Waals surface area contributed by atoms with Crippen molar-refractivity contribution in [2.24, 2.45) is 0 Å². The number of rotatable bonds is 2. The molecule has 1 aromatic carbocycles. The standard InChI is InChI=1S/C11H9NO3/c1-15-10-5-9(14)8(6-13)7-3-2-4-12-11(7)10/h2-6,14H,1H3. The van der Waals surface area contributed by atoms with Crippen LogP contribution in [0.5, 0.6) is 11.5 Å². The van der Waals surface area contributed by atoms with Crippen molar-refractivity contribution in [3.8, 4) is 11.5 Å². The van der Waals surface area contributed by atoms with Crippen LogP contribution in [-0.4, -0.2) is 23.5 Å². The minimum Gasteiger partial charge on any atom is -0.507 e. The molecular formula is C11H9NO3. The summed E-state index contributed by atoms with van der Waals surface area (Å²) in [6.45, 7) is 0. The number of aldehydes is 1. The van der Waals surface area contributed by atoms with E-state index in [1.54, 1.807) is 18.3 Å². The molecule has 0 aliphatic rings. The fourth-order valence-electron chi connectivity index (χ4n) is 1.51. The minimum atomic E-state index is -0.0950. The van der Waals surface area contributed by atoms with E-state index in [-0.39, 0.29) is 11.3 Å². The smallest absolute Gasteiger partial charge is 0.154 e. The van der Waals surface area contributed by atoms with Crippen LogP contribution < -0.4 is 4.74 Å². The second kappa shape index (κ2) is 3.57. The van der Waals surface area contributed by atoms with Gasteiger partial charge in [-0.2, -0.15) is 0 Å². The number of carbonyl (C=O) groups excluding carboxylic acids is 1. The van der Waals surface area contributed by atoms with Crippen LogP contribution in [0, 0.1) is 0 Å². The summed E-state index contributed by atoms with van der Waals surface area (Å²) in [6, 6.07) is 4.81. The summed E-state index contributed by atoms with van der Waals surface area (Å²) in [7, 11) is 1.49. The quantitative estimate of drug-likeness (QED) is 0.755. The van der Waals surface area contributed by atoms with Crippen LogP contribution in [0.3, 0.4) is 0 Å². The highest BCUT2D eigenvalue weighted by Crippen LogP contribution is 2.32. The van der Waals surface area contributed by atoms with Crippen molar-refractivity contribution < 1.29 is 14.6 Å². The number of aromatic hydroxyl groups is 1.